The zero-order chi connectivity index (χ0) is 15.1. The second-order valence-corrected chi connectivity index (χ2v) is 5.67. The van der Waals surface area contributed by atoms with Gasteiger partial charge in [-0.2, -0.15) is 0 Å². The molecule has 1 saturated heterocycles. The highest BCUT2D eigenvalue weighted by molar-refractivity contribution is 5.75. The van der Waals surface area contributed by atoms with Gasteiger partial charge in [0, 0.05) is 19.1 Å². The molecule has 0 spiro atoms. The number of piperidine rings is 1. The van der Waals surface area contributed by atoms with Crippen molar-refractivity contribution < 1.29 is 14.7 Å². The fourth-order valence-electron chi connectivity index (χ4n) is 2.62. The van der Waals surface area contributed by atoms with Crippen LogP contribution in [0.2, 0.25) is 0 Å². The van der Waals surface area contributed by atoms with Crippen LogP contribution >= 0.6 is 0 Å². The smallest absolute Gasteiger partial charge is 0.317 e. The molecule has 1 atom stereocenters. The average Bonchev–Trinajstić information content (AvgIpc) is 2.38. The summed E-state index contributed by atoms with van der Waals surface area (Å²) >= 11 is 0. The molecule has 6 nitrogen and oxygen atoms in total. The first-order valence-electron chi connectivity index (χ1n) is 7.38. The molecule has 0 bridgehead atoms. The van der Waals surface area contributed by atoms with Crippen LogP contribution < -0.4 is 5.32 Å². The number of rotatable bonds is 6. The number of nitrogens with zero attached hydrogens (tertiary/aromatic N) is 2. The van der Waals surface area contributed by atoms with E-state index in [1.54, 1.807) is 11.8 Å². The molecular formula is C14H27N3O3. The Morgan fingerprint density at radius 1 is 1.40 bits per heavy atom. The Bertz CT molecular complexity index is 328. The van der Waals surface area contributed by atoms with Gasteiger partial charge in [-0.25, -0.2) is 4.79 Å². The molecule has 0 aromatic heterocycles. The van der Waals surface area contributed by atoms with Crippen LogP contribution in [0.5, 0.6) is 0 Å². The number of aliphatic carboxylic acids is 1. The first kappa shape index (κ1) is 16.8. The Hall–Kier alpha value is -1.30. The molecule has 0 aliphatic carbocycles. The number of carboxylic acids is 1. The van der Waals surface area contributed by atoms with E-state index in [4.69, 9.17) is 5.11 Å². The van der Waals surface area contributed by atoms with E-state index in [2.05, 4.69) is 17.3 Å². The van der Waals surface area contributed by atoms with Gasteiger partial charge in [0.25, 0.3) is 0 Å². The normalized spacial score (nSPS) is 18.6. The summed E-state index contributed by atoms with van der Waals surface area (Å²) in [5.41, 5.74) is 0. The van der Waals surface area contributed by atoms with Gasteiger partial charge in [0.05, 0.1) is 6.42 Å². The van der Waals surface area contributed by atoms with Gasteiger partial charge in [0.2, 0.25) is 0 Å². The predicted octanol–water partition coefficient (Wildman–Crippen LogP) is 1.22. The third kappa shape index (κ3) is 5.36. The Labute approximate surface area is 121 Å². The minimum Gasteiger partial charge on any atom is -0.481 e. The van der Waals surface area contributed by atoms with E-state index in [9.17, 15) is 9.59 Å². The molecule has 0 saturated carbocycles. The summed E-state index contributed by atoms with van der Waals surface area (Å²) in [6, 6.07) is -0.435. The fraction of sp³-hybridized carbons (Fsp3) is 0.857. The molecule has 0 aromatic rings. The lowest BCUT2D eigenvalue weighted by molar-refractivity contribution is -0.138. The highest BCUT2D eigenvalue weighted by Gasteiger charge is 2.22. The molecule has 1 unspecified atom stereocenters. The summed E-state index contributed by atoms with van der Waals surface area (Å²) in [5.74, 6) is -0.345. The van der Waals surface area contributed by atoms with Crippen molar-refractivity contribution in [3.63, 3.8) is 0 Å². The number of carboxylic acid groups (broad SMARTS) is 1. The standard InChI is InChI=1S/C14H27N3O3/c1-4-17(11(2)9-13(18)19)14(20)15-10-12-5-7-16(3)8-6-12/h11-12H,4-10H2,1-3H3,(H,15,20)(H,18,19). The third-order valence-electron chi connectivity index (χ3n) is 3.98. The number of urea groups is 1. The lowest BCUT2D eigenvalue weighted by Crippen LogP contribution is -2.47. The highest BCUT2D eigenvalue weighted by atomic mass is 16.4. The van der Waals surface area contributed by atoms with E-state index >= 15 is 0 Å². The van der Waals surface area contributed by atoms with Crippen LogP contribution in [0.15, 0.2) is 0 Å². The molecular weight excluding hydrogens is 258 g/mol. The van der Waals surface area contributed by atoms with Crippen LogP contribution in [0, 0.1) is 5.92 Å². The van der Waals surface area contributed by atoms with Gasteiger partial charge in [0.1, 0.15) is 0 Å². The van der Waals surface area contributed by atoms with Gasteiger partial charge >= 0.3 is 12.0 Å². The number of carbonyl (C=O) groups is 2. The van der Waals surface area contributed by atoms with Crippen molar-refractivity contribution in [2.45, 2.75) is 39.2 Å². The largest absolute Gasteiger partial charge is 0.481 e. The maximum Gasteiger partial charge on any atom is 0.317 e. The minimum atomic E-state index is -0.876. The first-order valence-corrected chi connectivity index (χ1v) is 7.38. The summed E-state index contributed by atoms with van der Waals surface area (Å²) in [7, 11) is 2.11. The average molecular weight is 285 g/mol. The molecule has 1 rings (SSSR count). The quantitative estimate of drug-likeness (QED) is 0.769. The zero-order valence-electron chi connectivity index (χ0n) is 12.8. The van der Waals surface area contributed by atoms with Gasteiger partial charge in [-0.3, -0.25) is 4.79 Å². The van der Waals surface area contributed by atoms with Crippen molar-refractivity contribution in [2.24, 2.45) is 5.92 Å². The maximum absolute atomic E-state index is 12.1. The summed E-state index contributed by atoms with van der Waals surface area (Å²) in [6.45, 7) is 7.00. The van der Waals surface area contributed by atoms with Crippen LogP contribution in [0.1, 0.15) is 33.1 Å². The molecule has 20 heavy (non-hydrogen) atoms. The second-order valence-electron chi connectivity index (χ2n) is 5.67. The number of hydrogen-bond donors (Lipinski definition) is 2. The van der Waals surface area contributed by atoms with Crippen molar-refractivity contribution in [1.82, 2.24) is 15.1 Å². The van der Waals surface area contributed by atoms with Gasteiger partial charge in [-0.15, -0.1) is 0 Å². The molecule has 1 heterocycles. The van der Waals surface area contributed by atoms with E-state index in [1.807, 2.05) is 6.92 Å². The first-order chi connectivity index (χ1) is 9.43. The molecule has 2 N–H and O–H groups in total. The molecule has 2 amide bonds. The number of amides is 2. The van der Waals surface area contributed by atoms with Gasteiger partial charge in [-0.1, -0.05) is 0 Å². The van der Waals surface area contributed by atoms with E-state index in [-0.39, 0.29) is 18.5 Å². The number of likely N-dealkylation sites (tertiary alicyclic amines) is 1. The lowest BCUT2D eigenvalue weighted by atomic mass is 9.97. The van der Waals surface area contributed by atoms with Crippen LogP contribution in [-0.2, 0) is 4.79 Å². The maximum atomic E-state index is 12.1. The van der Waals surface area contributed by atoms with Crippen molar-refractivity contribution in [2.75, 3.05) is 33.2 Å². The van der Waals surface area contributed by atoms with Gasteiger partial charge in [0.15, 0.2) is 0 Å². The Morgan fingerprint density at radius 3 is 2.50 bits per heavy atom. The van der Waals surface area contributed by atoms with Crippen molar-refractivity contribution >= 4 is 12.0 Å². The zero-order valence-corrected chi connectivity index (χ0v) is 12.8. The SMILES string of the molecule is CCN(C(=O)NCC1CCN(C)CC1)C(C)CC(=O)O. The summed E-state index contributed by atoms with van der Waals surface area (Å²) < 4.78 is 0. The summed E-state index contributed by atoms with van der Waals surface area (Å²) in [4.78, 5) is 26.7. The van der Waals surface area contributed by atoms with Crippen LogP contribution in [0.4, 0.5) is 4.79 Å². The predicted molar refractivity (Wildman–Crippen MR) is 77.7 cm³/mol. The molecule has 1 fully saturated rings. The van der Waals surface area contributed by atoms with Crippen molar-refractivity contribution in [3.05, 3.63) is 0 Å². The minimum absolute atomic E-state index is 0.0184. The van der Waals surface area contributed by atoms with E-state index in [0.717, 1.165) is 25.9 Å². The Kier molecular flexibility index (Phi) is 6.78. The highest BCUT2D eigenvalue weighted by Crippen LogP contribution is 2.15. The van der Waals surface area contributed by atoms with E-state index < -0.39 is 5.97 Å². The lowest BCUT2D eigenvalue weighted by Gasteiger charge is -2.31. The molecule has 116 valence electrons. The Morgan fingerprint density at radius 2 is 2.00 bits per heavy atom. The monoisotopic (exact) mass is 285 g/mol. The summed E-state index contributed by atoms with van der Waals surface area (Å²) in [5, 5.41) is 11.8. The number of hydrogen-bond acceptors (Lipinski definition) is 3. The van der Waals surface area contributed by atoms with Gasteiger partial charge < -0.3 is 20.2 Å². The van der Waals surface area contributed by atoms with Crippen molar-refractivity contribution in [3.8, 4) is 0 Å². The Balaban J connectivity index is 2.37. The number of carbonyl (C=O) groups excluding carboxylic acids is 1. The second kappa shape index (κ2) is 8.09. The molecule has 6 heteroatoms. The van der Waals surface area contributed by atoms with E-state index in [0.29, 0.717) is 19.0 Å². The van der Waals surface area contributed by atoms with Gasteiger partial charge in [-0.05, 0) is 52.7 Å². The topological polar surface area (TPSA) is 72.9 Å². The van der Waals surface area contributed by atoms with Crippen LogP contribution in [0.3, 0.4) is 0 Å². The molecule has 1 aliphatic rings. The third-order valence-corrected chi connectivity index (χ3v) is 3.98. The van der Waals surface area contributed by atoms with Crippen molar-refractivity contribution in [1.29, 1.82) is 0 Å². The summed E-state index contributed by atoms with van der Waals surface area (Å²) in [6.07, 6.45) is 2.19. The fourth-order valence-corrected chi connectivity index (χ4v) is 2.62. The molecule has 0 radical (unpaired) electrons. The number of nitrogens with one attached hydrogen (secondary N) is 1. The molecule has 0 aromatic carbocycles. The van der Waals surface area contributed by atoms with E-state index in [1.165, 1.54) is 0 Å². The molecule has 1 aliphatic heterocycles. The van der Waals surface area contributed by atoms with Crippen LogP contribution in [0.25, 0.3) is 0 Å². The van der Waals surface area contributed by atoms with Crippen LogP contribution in [-0.4, -0.2) is 66.2 Å².